The fourth-order valence-electron chi connectivity index (χ4n) is 2.65. The summed E-state index contributed by atoms with van der Waals surface area (Å²) >= 11 is 0. The predicted molar refractivity (Wildman–Crippen MR) is 71.5 cm³/mol. The van der Waals surface area contributed by atoms with Gasteiger partial charge in [-0.25, -0.2) is 0 Å². The lowest BCUT2D eigenvalue weighted by Crippen LogP contribution is -2.33. The molecule has 2 unspecified atom stereocenters. The van der Waals surface area contributed by atoms with Gasteiger partial charge < -0.3 is 10.5 Å². The minimum atomic E-state index is 0.208. The number of ether oxygens (including phenoxy) is 1. The second-order valence-corrected chi connectivity index (χ2v) is 5.42. The van der Waals surface area contributed by atoms with E-state index in [1.54, 1.807) is 0 Å². The van der Waals surface area contributed by atoms with Crippen molar-refractivity contribution in [3.63, 3.8) is 0 Å². The smallest absolute Gasteiger partial charge is 0.120 e. The highest BCUT2D eigenvalue weighted by atomic mass is 16.5. The molecule has 0 aliphatic heterocycles. The summed E-state index contributed by atoms with van der Waals surface area (Å²) in [6, 6.07) is 6.60. The zero-order chi connectivity index (χ0) is 12.4. The third kappa shape index (κ3) is 2.81. The fraction of sp³-hybridized carbons (Fsp3) is 0.600. The second kappa shape index (κ2) is 5.09. The standard InChI is InChI=1S/C15H23NO/c1-10(2)13-8-7-12(9-11(13)3)17-15-6-4-5-14(15)16/h7-10,14-15H,4-6,16H2,1-3H3. The highest BCUT2D eigenvalue weighted by molar-refractivity contribution is 5.36. The van der Waals surface area contributed by atoms with Crippen LogP contribution in [0.3, 0.4) is 0 Å². The Balaban J connectivity index is 2.09. The zero-order valence-electron chi connectivity index (χ0n) is 11.1. The van der Waals surface area contributed by atoms with Crippen LogP contribution in [0.5, 0.6) is 5.75 Å². The van der Waals surface area contributed by atoms with E-state index in [9.17, 15) is 0 Å². The van der Waals surface area contributed by atoms with Crippen LogP contribution < -0.4 is 10.5 Å². The van der Waals surface area contributed by atoms with Gasteiger partial charge in [0.15, 0.2) is 0 Å². The van der Waals surface area contributed by atoms with Crippen molar-refractivity contribution in [1.29, 1.82) is 0 Å². The van der Waals surface area contributed by atoms with Crippen molar-refractivity contribution < 1.29 is 4.74 Å². The van der Waals surface area contributed by atoms with Gasteiger partial charge in [0.2, 0.25) is 0 Å². The average molecular weight is 233 g/mol. The van der Waals surface area contributed by atoms with E-state index in [-0.39, 0.29) is 12.1 Å². The molecule has 0 aromatic heterocycles. The van der Waals surface area contributed by atoms with Crippen molar-refractivity contribution in [3.8, 4) is 5.75 Å². The Morgan fingerprint density at radius 2 is 2.06 bits per heavy atom. The van der Waals surface area contributed by atoms with Crippen LogP contribution in [0.2, 0.25) is 0 Å². The normalized spacial score (nSPS) is 24.3. The van der Waals surface area contributed by atoms with Crippen molar-refractivity contribution in [2.45, 2.75) is 58.1 Å². The topological polar surface area (TPSA) is 35.2 Å². The van der Waals surface area contributed by atoms with Crippen LogP contribution in [-0.4, -0.2) is 12.1 Å². The Bertz CT molecular complexity index is 387. The molecule has 2 atom stereocenters. The molecule has 1 fully saturated rings. The molecule has 0 heterocycles. The van der Waals surface area contributed by atoms with E-state index in [4.69, 9.17) is 10.5 Å². The molecule has 2 nitrogen and oxygen atoms in total. The van der Waals surface area contributed by atoms with Gasteiger partial charge in [-0.15, -0.1) is 0 Å². The summed E-state index contributed by atoms with van der Waals surface area (Å²) in [6.45, 7) is 6.59. The lowest BCUT2D eigenvalue weighted by Gasteiger charge is -2.19. The number of aryl methyl sites for hydroxylation is 1. The Labute approximate surface area is 104 Å². The fourth-order valence-corrected chi connectivity index (χ4v) is 2.65. The molecule has 2 heteroatoms. The Morgan fingerprint density at radius 1 is 1.29 bits per heavy atom. The largest absolute Gasteiger partial charge is 0.489 e. The van der Waals surface area contributed by atoms with Gasteiger partial charge in [-0.05, 0) is 55.4 Å². The van der Waals surface area contributed by atoms with Gasteiger partial charge in [-0.1, -0.05) is 19.9 Å². The maximum atomic E-state index is 6.02. The third-order valence-electron chi connectivity index (χ3n) is 3.65. The first-order chi connectivity index (χ1) is 8.08. The summed E-state index contributed by atoms with van der Waals surface area (Å²) in [4.78, 5) is 0. The van der Waals surface area contributed by atoms with Gasteiger partial charge in [0.1, 0.15) is 11.9 Å². The molecule has 0 spiro atoms. The summed E-state index contributed by atoms with van der Waals surface area (Å²) in [7, 11) is 0. The molecule has 1 saturated carbocycles. The van der Waals surface area contributed by atoms with E-state index in [2.05, 4.69) is 39.0 Å². The van der Waals surface area contributed by atoms with E-state index in [1.807, 2.05) is 0 Å². The number of hydrogen-bond donors (Lipinski definition) is 1. The third-order valence-corrected chi connectivity index (χ3v) is 3.65. The Morgan fingerprint density at radius 3 is 2.59 bits per heavy atom. The maximum absolute atomic E-state index is 6.02. The van der Waals surface area contributed by atoms with Gasteiger partial charge in [-0.3, -0.25) is 0 Å². The number of benzene rings is 1. The van der Waals surface area contributed by atoms with Crippen molar-refractivity contribution in [3.05, 3.63) is 29.3 Å². The summed E-state index contributed by atoms with van der Waals surface area (Å²) in [5, 5.41) is 0. The highest BCUT2D eigenvalue weighted by Gasteiger charge is 2.25. The zero-order valence-corrected chi connectivity index (χ0v) is 11.1. The molecule has 2 rings (SSSR count). The van der Waals surface area contributed by atoms with Crippen LogP contribution in [0.15, 0.2) is 18.2 Å². The molecule has 1 aromatic rings. The molecule has 17 heavy (non-hydrogen) atoms. The molecule has 1 aliphatic carbocycles. The van der Waals surface area contributed by atoms with E-state index in [0.29, 0.717) is 5.92 Å². The van der Waals surface area contributed by atoms with Crippen LogP contribution in [0.25, 0.3) is 0 Å². The van der Waals surface area contributed by atoms with Crippen LogP contribution >= 0.6 is 0 Å². The summed E-state index contributed by atoms with van der Waals surface area (Å²) in [5.41, 5.74) is 8.72. The Hall–Kier alpha value is -1.02. The van der Waals surface area contributed by atoms with Crippen molar-refractivity contribution in [2.24, 2.45) is 5.73 Å². The highest BCUT2D eigenvalue weighted by Crippen LogP contribution is 2.27. The molecule has 0 amide bonds. The number of hydrogen-bond acceptors (Lipinski definition) is 2. The maximum Gasteiger partial charge on any atom is 0.120 e. The van der Waals surface area contributed by atoms with Gasteiger partial charge in [0.25, 0.3) is 0 Å². The molecule has 0 bridgehead atoms. The summed E-state index contributed by atoms with van der Waals surface area (Å²) < 4.78 is 5.98. The first-order valence-electron chi connectivity index (χ1n) is 6.60. The van der Waals surface area contributed by atoms with Crippen molar-refractivity contribution >= 4 is 0 Å². The van der Waals surface area contributed by atoms with E-state index in [0.717, 1.165) is 18.6 Å². The van der Waals surface area contributed by atoms with Crippen LogP contribution in [0.1, 0.15) is 50.2 Å². The van der Waals surface area contributed by atoms with E-state index < -0.39 is 0 Å². The quantitative estimate of drug-likeness (QED) is 0.868. The monoisotopic (exact) mass is 233 g/mol. The van der Waals surface area contributed by atoms with Gasteiger partial charge in [-0.2, -0.15) is 0 Å². The molecule has 1 aliphatic rings. The minimum absolute atomic E-state index is 0.208. The molecule has 0 saturated heterocycles. The lowest BCUT2D eigenvalue weighted by atomic mass is 9.98. The molecular formula is C15H23NO. The van der Waals surface area contributed by atoms with Gasteiger partial charge in [0.05, 0.1) is 0 Å². The van der Waals surface area contributed by atoms with Gasteiger partial charge in [0, 0.05) is 6.04 Å². The summed E-state index contributed by atoms with van der Waals surface area (Å²) in [5.74, 6) is 1.53. The number of nitrogens with two attached hydrogens (primary N) is 1. The number of rotatable bonds is 3. The molecule has 0 radical (unpaired) electrons. The molecule has 2 N–H and O–H groups in total. The van der Waals surface area contributed by atoms with Crippen LogP contribution in [0.4, 0.5) is 0 Å². The van der Waals surface area contributed by atoms with Crippen LogP contribution in [-0.2, 0) is 0 Å². The second-order valence-electron chi connectivity index (χ2n) is 5.42. The first-order valence-corrected chi connectivity index (χ1v) is 6.60. The SMILES string of the molecule is Cc1cc(OC2CCCC2N)ccc1C(C)C. The van der Waals surface area contributed by atoms with Crippen molar-refractivity contribution in [2.75, 3.05) is 0 Å². The predicted octanol–water partition coefficient (Wildman–Crippen LogP) is 3.38. The molecule has 94 valence electrons. The van der Waals surface area contributed by atoms with E-state index >= 15 is 0 Å². The molecular weight excluding hydrogens is 210 g/mol. The average Bonchev–Trinajstić information content (AvgIpc) is 2.64. The summed E-state index contributed by atoms with van der Waals surface area (Å²) in [6.07, 6.45) is 3.58. The lowest BCUT2D eigenvalue weighted by molar-refractivity contribution is 0.191. The van der Waals surface area contributed by atoms with E-state index in [1.165, 1.54) is 17.5 Å². The van der Waals surface area contributed by atoms with Crippen LogP contribution in [0, 0.1) is 6.92 Å². The van der Waals surface area contributed by atoms with Crippen molar-refractivity contribution in [1.82, 2.24) is 0 Å². The Kier molecular flexibility index (Phi) is 3.72. The van der Waals surface area contributed by atoms with Gasteiger partial charge >= 0.3 is 0 Å². The minimum Gasteiger partial charge on any atom is -0.489 e. The first kappa shape index (κ1) is 12.4. The molecule has 1 aromatic carbocycles.